The lowest BCUT2D eigenvalue weighted by atomic mass is 10.1. The third kappa shape index (κ3) is 3.27. The van der Waals surface area contributed by atoms with Crippen LogP contribution in [-0.2, 0) is 0 Å². The van der Waals surface area contributed by atoms with Crippen molar-refractivity contribution in [3.63, 3.8) is 0 Å². The summed E-state index contributed by atoms with van der Waals surface area (Å²) in [7, 11) is 0. The fourth-order valence-corrected chi connectivity index (χ4v) is 2.85. The lowest BCUT2D eigenvalue weighted by Gasteiger charge is -2.08. The lowest BCUT2D eigenvalue weighted by Crippen LogP contribution is -2.12. The first-order valence-corrected chi connectivity index (χ1v) is 7.79. The molecular weight excluding hydrogens is 313 g/mol. The van der Waals surface area contributed by atoms with E-state index in [9.17, 15) is 9.18 Å². The van der Waals surface area contributed by atoms with Crippen molar-refractivity contribution in [2.45, 2.75) is 13.8 Å². The van der Waals surface area contributed by atoms with Crippen LogP contribution in [0.3, 0.4) is 0 Å². The van der Waals surface area contributed by atoms with Crippen LogP contribution in [0.15, 0.2) is 42.5 Å². The van der Waals surface area contributed by atoms with Gasteiger partial charge in [0.25, 0.3) is 5.91 Å². The van der Waals surface area contributed by atoms with E-state index in [1.165, 1.54) is 12.1 Å². The van der Waals surface area contributed by atoms with Gasteiger partial charge in [0.15, 0.2) is 0 Å². The number of hydrogen-bond donors (Lipinski definition) is 1. The number of nitrogens with zero attached hydrogens (tertiary/aromatic N) is 2. The number of carbonyl (C=O) groups is 1. The van der Waals surface area contributed by atoms with Crippen molar-refractivity contribution in [2.24, 2.45) is 0 Å². The molecule has 0 spiro atoms. The van der Waals surface area contributed by atoms with Gasteiger partial charge in [-0.05, 0) is 61.3 Å². The molecule has 2 aromatic carbocycles. The smallest absolute Gasteiger partial charge is 0.269 e. The van der Waals surface area contributed by atoms with Gasteiger partial charge < -0.3 is 5.32 Å². The van der Waals surface area contributed by atoms with E-state index in [2.05, 4.69) is 14.9 Å². The monoisotopic (exact) mass is 327 g/mol. The van der Waals surface area contributed by atoms with E-state index in [0.29, 0.717) is 16.1 Å². The molecule has 0 unspecified atom stereocenters. The first kappa shape index (κ1) is 15.3. The maximum atomic E-state index is 13.0. The Hall–Kier alpha value is -2.60. The van der Waals surface area contributed by atoms with E-state index in [0.717, 1.165) is 28.3 Å². The Labute approximate surface area is 137 Å². The minimum atomic E-state index is -0.335. The number of carbonyl (C=O) groups excluding carboxylic acids is 1. The van der Waals surface area contributed by atoms with Gasteiger partial charge in [-0.3, -0.25) is 4.79 Å². The van der Waals surface area contributed by atoms with Gasteiger partial charge in [-0.15, -0.1) is 5.10 Å². The van der Waals surface area contributed by atoms with Crippen LogP contribution in [0.5, 0.6) is 0 Å². The van der Waals surface area contributed by atoms with Crippen molar-refractivity contribution in [3.8, 4) is 11.3 Å². The minimum absolute atomic E-state index is 0.272. The third-order valence-electron chi connectivity index (χ3n) is 3.44. The molecular formula is C17H14FN3OS. The van der Waals surface area contributed by atoms with E-state index >= 15 is 0 Å². The molecule has 1 aromatic heterocycles. The summed E-state index contributed by atoms with van der Waals surface area (Å²) >= 11 is 1.02. The first-order valence-electron chi connectivity index (χ1n) is 7.01. The van der Waals surface area contributed by atoms with Gasteiger partial charge >= 0.3 is 0 Å². The number of benzene rings is 2. The van der Waals surface area contributed by atoms with Crippen LogP contribution in [0.4, 0.5) is 10.1 Å². The van der Waals surface area contributed by atoms with E-state index in [4.69, 9.17) is 0 Å². The fourth-order valence-electron chi connectivity index (χ4n) is 2.27. The number of hydrogen-bond acceptors (Lipinski definition) is 4. The van der Waals surface area contributed by atoms with Crippen molar-refractivity contribution in [3.05, 3.63) is 64.3 Å². The Morgan fingerprint density at radius 1 is 1.13 bits per heavy atom. The molecule has 3 aromatic rings. The number of rotatable bonds is 3. The highest BCUT2D eigenvalue weighted by Gasteiger charge is 2.18. The largest absolute Gasteiger partial charge is 0.321 e. The topological polar surface area (TPSA) is 54.9 Å². The fraction of sp³-hybridized carbons (Fsp3) is 0.118. The third-order valence-corrected chi connectivity index (χ3v) is 4.17. The zero-order chi connectivity index (χ0) is 16.4. The molecule has 116 valence electrons. The second kappa shape index (κ2) is 6.26. The second-order valence-electron chi connectivity index (χ2n) is 5.23. The Morgan fingerprint density at radius 3 is 2.57 bits per heavy atom. The van der Waals surface area contributed by atoms with E-state index in [1.54, 1.807) is 12.1 Å². The predicted octanol–water partition coefficient (Wildman–Crippen LogP) is 4.21. The van der Waals surface area contributed by atoms with Crippen molar-refractivity contribution in [2.75, 3.05) is 5.32 Å². The number of aromatic nitrogens is 2. The maximum absolute atomic E-state index is 13.0. The van der Waals surface area contributed by atoms with Gasteiger partial charge in [0.1, 0.15) is 16.4 Å². The molecule has 0 bridgehead atoms. The quantitative estimate of drug-likeness (QED) is 0.784. The van der Waals surface area contributed by atoms with Gasteiger partial charge in [-0.2, -0.15) is 0 Å². The second-order valence-corrected chi connectivity index (χ2v) is 5.98. The zero-order valence-corrected chi connectivity index (χ0v) is 13.4. The zero-order valence-electron chi connectivity index (χ0n) is 12.6. The Bertz CT molecular complexity index is 859. The van der Waals surface area contributed by atoms with Crippen LogP contribution in [0.1, 0.15) is 20.8 Å². The van der Waals surface area contributed by atoms with Crippen molar-refractivity contribution >= 4 is 23.1 Å². The van der Waals surface area contributed by atoms with E-state index in [-0.39, 0.29) is 11.7 Å². The van der Waals surface area contributed by atoms with Crippen LogP contribution >= 0.6 is 11.5 Å². The summed E-state index contributed by atoms with van der Waals surface area (Å²) in [6, 6.07) is 11.6. The Kier molecular flexibility index (Phi) is 4.16. The van der Waals surface area contributed by atoms with Crippen LogP contribution in [0.2, 0.25) is 0 Å². The Morgan fingerprint density at radius 2 is 1.87 bits per heavy atom. The van der Waals surface area contributed by atoms with Crippen LogP contribution in [0, 0.1) is 19.7 Å². The van der Waals surface area contributed by atoms with Gasteiger partial charge in [0.05, 0.1) is 0 Å². The van der Waals surface area contributed by atoms with Crippen molar-refractivity contribution < 1.29 is 9.18 Å². The molecule has 1 amide bonds. The van der Waals surface area contributed by atoms with Crippen LogP contribution < -0.4 is 5.32 Å². The SMILES string of the molecule is Cc1ccc(NC(=O)c2snnc2-c2ccc(F)cc2)c(C)c1. The average molecular weight is 327 g/mol. The number of amides is 1. The van der Waals surface area contributed by atoms with Gasteiger partial charge in [-0.25, -0.2) is 4.39 Å². The van der Waals surface area contributed by atoms with Crippen molar-refractivity contribution in [1.82, 2.24) is 9.59 Å². The van der Waals surface area contributed by atoms with Crippen LogP contribution in [-0.4, -0.2) is 15.5 Å². The van der Waals surface area contributed by atoms with Gasteiger partial charge in [0.2, 0.25) is 0 Å². The number of halogens is 1. The molecule has 1 N–H and O–H groups in total. The molecule has 0 aliphatic heterocycles. The number of anilines is 1. The summed E-state index contributed by atoms with van der Waals surface area (Å²) in [6.45, 7) is 3.94. The number of nitrogens with one attached hydrogen (secondary N) is 1. The maximum Gasteiger partial charge on any atom is 0.269 e. The summed E-state index contributed by atoms with van der Waals surface area (Å²) in [6.07, 6.45) is 0. The molecule has 0 saturated heterocycles. The summed E-state index contributed by atoms with van der Waals surface area (Å²) in [5.74, 6) is -0.607. The number of aryl methyl sites for hydroxylation is 2. The molecule has 23 heavy (non-hydrogen) atoms. The summed E-state index contributed by atoms with van der Waals surface area (Å²) in [5, 5.41) is 6.88. The lowest BCUT2D eigenvalue weighted by molar-refractivity contribution is 0.103. The molecule has 4 nitrogen and oxygen atoms in total. The highest BCUT2D eigenvalue weighted by molar-refractivity contribution is 7.08. The molecule has 3 rings (SSSR count). The summed E-state index contributed by atoms with van der Waals surface area (Å²) in [5.41, 5.74) is 3.98. The molecule has 0 radical (unpaired) electrons. The predicted molar refractivity (Wildman–Crippen MR) is 89.2 cm³/mol. The molecule has 0 saturated carbocycles. The molecule has 0 aliphatic rings. The normalized spacial score (nSPS) is 10.6. The molecule has 0 atom stereocenters. The molecule has 0 aliphatic carbocycles. The van der Waals surface area contributed by atoms with E-state index in [1.807, 2.05) is 32.0 Å². The standard InChI is InChI=1S/C17H14FN3OS/c1-10-3-8-14(11(2)9-10)19-17(22)16-15(20-21-23-16)12-4-6-13(18)7-5-12/h3-9H,1-2H3,(H,19,22). The van der Waals surface area contributed by atoms with Gasteiger partial charge in [0, 0.05) is 11.3 Å². The first-order chi connectivity index (χ1) is 11.0. The summed E-state index contributed by atoms with van der Waals surface area (Å²) < 4.78 is 16.9. The van der Waals surface area contributed by atoms with E-state index < -0.39 is 0 Å². The molecule has 0 fully saturated rings. The van der Waals surface area contributed by atoms with Crippen molar-refractivity contribution in [1.29, 1.82) is 0 Å². The average Bonchev–Trinajstić information content (AvgIpc) is 3.00. The highest BCUT2D eigenvalue weighted by atomic mass is 32.1. The highest BCUT2D eigenvalue weighted by Crippen LogP contribution is 2.26. The summed E-state index contributed by atoms with van der Waals surface area (Å²) in [4.78, 5) is 12.9. The minimum Gasteiger partial charge on any atom is -0.321 e. The Balaban J connectivity index is 1.89. The molecule has 6 heteroatoms. The molecule has 1 heterocycles. The van der Waals surface area contributed by atoms with Crippen LogP contribution in [0.25, 0.3) is 11.3 Å². The van der Waals surface area contributed by atoms with Gasteiger partial charge in [-0.1, -0.05) is 22.2 Å².